The molecule has 0 radical (unpaired) electrons. The summed E-state index contributed by atoms with van der Waals surface area (Å²) in [5, 5.41) is 2.70. The number of amides is 1. The van der Waals surface area contributed by atoms with Crippen LogP contribution in [0.2, 0.25) is 0 Å². The smallest absolute Gasteiger partial charge is 0.417 e. The summed E-state index contributed by atoms with van der Waals surface area (Å²) in [4.78, 5) is 49.8. The van der Waals surface area contributed by atoms with Crippen LogP contribution in [-0.4, -0.2) is 36.1 Å². The van der Waals surface area contributed by atoms with Crippen molar-refractivity contribution in [2.45, 2.75) is 105 Å². The fraction of sp³-hybridized carbons (Fsp3) is 0.655. The first-order valence-electron chi connectivity index (χ1n) is 13.5. The summed E-state index contributed by atoms with van der Waals surface area (Å²) in [6, 6.07) is 2.51. The highest BCUT2D eigenvalue weighted by Gasteiger charge is 2.36. The van der Waals surface area contributed by atoms with Crippen LogP contribution < -0.4 is 5.32 Å². The van der Waals surface area contributed by atoms with E-state index >= 15 is 0 Å². The van der Waals surface area contributed by atoms with E-state index in [2.05, 4.69) is 12.2 Å². The van der Waals surface area contributed by atoms with E-state index in [-0.39, 0.29) is 29.6 Å². The molecule has 1 aromatic rings. The molecule has 1 amide bonds. The van der Waals surface area contributed by atoms with Gasteiger partial charge in [-0.05, 0) is 31.9 Å². The number of esters is 1. The van der Waals surface area contributed by atoms with Crippen molar-refractivity contribution in [1.29, 1.82) is 0 Å². The van der Waals surface area contributed by atoms with Crippen LogP contribution in [0.25, 0.3) is 0 Å². The average molecular weight is 542 g/mol. The fourth-order valence-electron chi connectivity index (χ4n) is 4.09. The van der Waals surface area contributed by atoms with Gasteiger partial charge in [-0.25, -0.2) is 4.79 Å². The third kappa shape index (κ3) is 11.4. The van der Waals surface area contributed by atoms with Crippen LogP contribution >= 0.6 is 0 Å². The molecule has 0 aliphatic heterocycles. The molecule has 0 saturated heterocycles. The van der Waals surface area contributed by atoms with Gasteiger partial charge >= 0.3 is 12.1 Å². The lowest BCUT2D eigenvalue weighted by atomic mass is 9.96. The van der Waals surface area contributed by atoms with Gasteiger partial charge in [0.15, 0.2) is 18.2 Å². The number of unbranched alkanes of at least 4 members (excludes halogenated alkanes) is 6. The minimum absolute atomic E-state index is 0.0752. The van der Waals surface area contributed by atoms with E-state index in [4.69, 9.17) is 4.74 Å². The van der Waals surface area contributed by atoms with Crippen LogP contribution in [0.3, 0.4) is 0 Å². The normalized spacial score (nSPS) is 13.9. The second-order valence-electron chi connectivity index (χ2n) is 10.2. The first kappa shape index (κ1) is 33.3. The van der Waals surface area contributed by atoms with Gasteiger partial charge in [-0.15, -0.1) is 0 Å². The number of carbonyl (C=O) groups is 4. The minimum Gasteiger partial charge on any atom is -0.454 e. The van der Waals surface area contributed by atoms with Crippen LogP contribution in [0.1, 0.15) is 107 Å². The number of carbonyl (C=O) groups excluding carboxylic acids is 4. The van der Waals surface area contributed by atoms with Crippen molar-refractivity contribution in [1.82, 2.24) is 5.32 Å². The number of ketones is 2. The molecule has 6 nitrogen and oxygen atoms in total. The highest BCUT2D eigenvalue weighted by Crippen LogP contribution is 2.33. The molecular weight excluding hydrogens is 499 g/mol. The molecule has 0 bridgehead atoms. The number of aryl methyl sites for hydroxylation is 1. The average Bonchev–Trinajstić information content (AvgIpc) is 2.85. The standard InChI is InChI=1S/C29H42F3NO5/c1-6-7-8-9-10-11-12-14-20(3)27(36)33-22(5)24(34)17-21(4)25(35)18-38-28(37)26-19(2)15-13-16-23(26)29(30,31)32/h13,15-16,20-22H,6-12,14,17-18H2,1-5H3,(H,33,36)/t20?,21-,22?/m1/s1. The van der Waals surface area contributed by atoms with Crippen molar-refractivity contribution in [2.75, 3.05) is 6.61 Å². The number of rotatable bonds is 17. The zero-order valence-electron chi connectivity index (χ0n) is 23.2. The Morgan fingerprint density at radius 1 is 0.895 bits per heavy atom. The molecular formula is C29H42F3NO5. The predicted octanol–water partition coefficient (Wildman–Crippen LogP) is 6.62. The van der Waals surface area contributed by atoms with Crippen LogP contribution in [0, 0.1) is 18.8 Å². The Morgan fingerprint density at radius 2 is 1.50 bits per heavy atom. The summed E-state index contributed by atoms with van der Waals surface area (Å²) >= 11 is 0. The molecule has 1 N–H and O–H groups in total. The number of nitrogens with one attached hydrogen (secondary N) is 1. The van der Waals surface area contributed by atoms with Gasteiger partial charge in [0.2, 0.25) is 5.91 Å². The molecule has 2 unspecified atom stereocenters. The van der Waals surface area contributed by atoms with Gasteiger partial charge in [0.1, 0.15) is 0 Å². The Hall–Kier alpha value is -2.71. The van der Waals surface area contributed by atoms with E-state index in [1.807, 2.05) is 6.92 Å². The third-order valence-electron chi connectivity index (χ3n) is 6.71. The van der Waals surface area contributed by atoms with Crippen LogP contribution in [0.4, 0.5) is 13.2 Å². The zero-order valence-corrected chi connectivity index (χ0v) is 23.2. The van der Waals surface area contributed by atoms with Crippen LogP contribution in [-0.2, 0) is 25.3 Å². The maximum Gasteiger partial charge on any atom is 0.417 e. The Labute approximate surface area is 224 Å². The summed E-state index contributed by atoms with van der Waals surface area (Å²) in [5.41, 5.74) is -1.70. The van der Waals surface area contributed by atoms with Crippen molar-refractivity contribution >= 4 is 23.4 Å². The summed E-state index contributed by atoms with van der Waals surface area (Å²) in [5.74, 6) is -3.49. The molecule has 3 atom stereocenters. The Kier molecular flexibility index (Phi) is 14.3. The van der Waals surface area contributed by atoms with Crippen LogP contribution in [0.15, 0.2) is 18.2 Å². The van der Waals surface area contributed by atoms with E-state index in [0.717, 1.165) is 31.7 Å². The summed E-state index contributed by atoms with van der Waals surface area (Å²) in [7, 11) is 0. The molecule has 0 spiro atoms. The van der Waals surface area contributed by atoms with Gasteiger partial charge in [-0.3, -0.25) is 14.4 Å². The predicted molar refractivity (Wildman–Crippen MR) is 140 cm³/mol. The maximum absolute atomic E-state index is 13.3. The van der Waals surface area contributed by atoms with Crippen LogP contribution in [0.5, 0.6) is 0 Å². The monoisotopic (exact) mass is 541 g/mol. The molecule has 0 fully saturated rings. The molecule has 0 saturated carbocycles. The van der Waals surface area contributed by atoms with E-state index < -0.39 is 47.6 Å². The van der Waals surface area contributed by atoms with E-state index in [1.54, 1.807) is 6.92 Å². The zero-order chi connectivity index (χ0) is 28.9. The molecule has 1 aromatic carbocycles. The lowest BCUT2D eigenvalue weighted by molar-refractivity contribution is -0.138. The number of benzene rings is 1. The minimum atomic E-state index is -4.75. The molecule has 9 heteroatoms. The Morgan fingerprint density at radius 3 is 2.11 bits per heavy atom. The van der Waals surface area contributed by atoms with E-state index in [9.17, 15) is 32.3 Å². The summed E-state index contributed by atoms with van der Waals surface area (Å²) < 4.78 is 44.7. The van der Waals surface area contributed by atoms with Gasteiger partial charge < -0.3 is 10.1 Å². The topological polar surface area (TPSA) is 89.5 Å². The van der Waals surface area contributed by atoms with E-state index in [1.165, 1.54) is 51.7 Å². The van der Waals surface area contributed by atoms with Gasteiger partial charge in [-0.1, -0.05) is 77.8 Å². The van der Waals surface area contributed by atoms with Gasteiger partial charge in [0.05, 0.1) is 17.2 Å². The molecule has 0 aliphatic rings. The quantitative estimate of drug-likeness (QED) is 0.177. The number of halogens is 3. The highest BCUT2D eigenvalue weighted by atomic mass is 19.4. The fourth-order valence-corrected chi connectivity index (χ4v) is 4.09. The summed E-state index contributed by atoms with van der Waals surface area (Å²) in [6.07, 6.45) is 3.85. The first-order valence-corrected chi connectivity index (χ1v) is 13.5. The summed E-state index contributed by atoms with van der Waals surface area (Å²) in [6.45, 7) is 7.61. The lowest BCUT2D eigenvalue weighted by Crippen LogP contribution is -2.42. The van der Waals surface area contributed by atoms with Crippen molar-refractivity contribution < 1.29 is 37.1 Å². The largest absolute Gasteiger partial charge is 0.454 e. The van der Waals surface area contributed by atoms with Gasteiger partial charge in [-0.2, -0.15) is 13.2 Å². The lowest BCUT2D eigenvalue weighted by Gasteiger charge is -2.18. The van der Waals surface area contributed by atoms with Crippen molar-refractivity contribution in [3.8, 4) is 0 Å². The SMILES string of the molecule is CCCCCCCCCC(C)C(=O)NC(C)C(=O)C[C@@H](C)C(=O)COC(=O)c1c(C)cccc1C(F)(F)F. The first-order chi connectivity index (χ1) is 17.8. The van der Waals surface area contributed by atoms with E-state index in [0.29, 0.717) is 0 Å². The molecule has 0 aliphatic carbocycles. The van der Waals surface area contributed by atoms with Gasteiger partial charge in [0.25, 0.3) is 0 Å². The van der Waals surface area contributed by atoms with Crippen molar-refractivity contribution in [3.63, 3.8) is 0 Å². The second-order valence-corrected chi connectivity index (χ2v) is 10.2. The number of hydrogen-bond donors (Lipinski definition) is 1. The van der Waals surface area contributed by atoms with Crippen molar-refractivity contribution in [3.05, 3.63) is 34.9 Å². The molecule has 38 heavy (non-hydrogen) atoms. The maximum atomic E-state index is 13.3. The second kappa shape index (κ2) is 16.3. The highest BCUT2D eigenvalue weighted by molar-refractivity contribution is 5.96. The number of hydrogen-bond acceptors (Lipinski definition) is 5. The molecule has 0 aromatic heterocycles. The molecule has 1 rings (SSSR count). The Balaban J connectivity index is 2.49. The number of ether oxygens (including phenoxy) is 1. The number of alkyl halides is 3. The Bertz CT molecular complexity index is 945. The van der Waals surface area contributed by atoms with Crippen molar-refractivity contribution in [2.24, 2.45) is 11.8 Å². The van der Waals surface area contributed by atoms with Gasteiger partial charge in [0, 0.05) is 18.3 Å². The molecule has 214 valence electrons. The third-order valence-corrected chi connectivity index (χ3v) is 6.71. The number of Topliss-reactive ketones (excluding diaryl/α,β-unsaturated/α-hetero) is 2. The molecule has 0 heterocycles.